The molecule has 0 aromatic heterocycles. The van der Waals surface area contributed by atoms with Crippen LogP contribution < -0.4 is 16.0 Å². The Hall–Kier alpha value is -1.75. The summed E-state index contributed by atoms with van der Waals surface area (Å²) in [5.41, 5.74) is 8.04. The fourth-order valence-electron chi connectivity index (χ4n) is 2.68. The van der Waals surface area contributed by atoms with Crippen LogP contribution in [0.1, 0.15) is 39.2 Å². The summed E-state index contributed by atoms with van der Waals surface area (Å²) in [6.07, 6.45) is 1.47. The van der Waals surface area contributed by atoms with Gasteiger partial charge in [0.15, 0.2) is 0 Å². The summed E-state index contributed by atoms with van der Waals surface area (Å²) in [4.78, 5) is 14.5. The standard InChI is InChI=1S/C17H27N3O2/c1-12-5-6-14(18)15(11-12)20(13-7-9-19-10-8-13)16(21)22-17(2,3)4/h5-6,11,13,19H,7-10,18H2,1-4H3. The highest BCUT2D eigenvalue weighted by atomic mass is 16.6. The van der Waals surface area contributed by atoms with Gasteiger partial charge in [0.05, 0.1) is 11.4 Å². The third kappa shape index (κ3) is 4.13. The number of amides is 1. The van der Waals surface area contributed by atoms with E-state index in [1.54, 1.807) is 4.90 Å². The smallest absolute Gasteiger partial charge is 0.415 e. The lowest BCUT2D eigenvalue weighted by Gasteiger charge is -2.36. The van der Waals surface area contributed by atoms with Gasteiger partial charge in [0, 0.05) is 6.04 Å². The highest BCUT2D eigenvalue weighted by Gasteiger charge is 2.31. The first kappa shape index (κ1) is 16.6. The highest BCUT2D eigenvalue weighted by molar-refractivity contribution is 5.92. The molecule has 1 aromatic carbocycles. The quantitative estimate of drug-likeness (QED) is 0.824. The van der Waals surface area contributed by atoms with Crippen LogP contribution in [-0.2, 0) is 4.74 Å². The van der Waals surface area contributed by atoms with Gasteiger partial charge in [-0.05, 0) is 71.3 Å². The van der Waals surface area contributed by atoms with Crippen LogP contribution in [0.3, 0.4) is 0 Å². The summed E-state index contributed by atoms with van der Waals surface area (Å²) in [5, 5.41) is 3.32. The molecule has 122 valence electrons. The fourth-order valence-corrected chi connectivity index (χ4v) is 2.68. The van der Waals surface area contributed by atoms with E-state index in [0.29, 0.717) is 5.69 Å². The molecule has 0 radical (unpaired) electrons. The minimum Gasteiger partial charge on any atom is -0.443 e. The van der Waals surface area contributed by atoms with Crippen LogP contribution in [-0.4, -0.2) is 30.8 Å². The monoisotopic (exact) mass is 305 g/mol. The van der Waals surface area contributed by atoms with Gasteiger partial charge in [0.1, 0.15) is 5.60 Å². The van der Waals surface area contributed by atoms with Crippen molar-refractivity contribution in [3.8, 4) is 0 Å². The molecule has 1 aromatic rings. The van der Waals surface area contributed by atoms with Crippen molar-refractivity contribution in [2.24, 2.45) is 0 Å². The molecule has 0 bridgehead atoms. The number of nitrogens with one attached hydrogen (secondary N) is 1. The summed E-state index contributed by atoms with van der Waals surface area (Å²) in [5.74, 6) is 0. The zero-order chi connectivity index (χ0) is 16.3. The zero-order valence-electron chi connectivity index (χ0n) is 14.0. The number of carbonyl (C=O) groups is 1. The molecule has 1 aliphatic heterocycles. The molecular weight excluding hydrogens is 278 g/mol. The number of nitrogens with zero attached hydrogens (tertiary/aromatic N) is 1. The molecule has 1 amide bonds. The van der Waals surface area contributed by atoms with Crippen LogP contribution >= 0.6 is 0 Å². The predicted molar refractivity (Wildman–Crippen MR) is 90.2 cm³/mol. The van der Waals surface area contributed by atoms with Crippen molar-refractivity contribution in [1.29, 1.82) is 0 Å². The Morgan fingerprint density at radius 1 is 1.32 bits per heavy atom. The van der Waals surface area contributed by atoms with Crippen LogP contribution in [0, 0.1) is 6.92 Å². The molecule has 1 saturated heterocycles. The lowest BCUT2D eigenvalue weighted by molar-refractivity contribution is 0.0559. The third-order valence-corrected chi connectivity index (χ3v) is 3.71. The molecule has 0 aliphatic carbocycles. The van der Waals surface area contributed by atoms with Crippen LogP contribution in [0.4, 0.5) is 16.2 Å². The molecule has 0 spiro atoms. The minimum absolute atomic E-state index is 0.111. The van der Waals surface area contributed by atoms with Gasteiger partial charge in [-0.3, -0.25) is 4.90 Å². The fraction of sp³-hybridized carbons (Fsp3) is 0.588. The molecule has 3 N–H and O–H groups in total. The van der Waals surface area contributed by atoms with Crippen LogP contribution in [0.25, 0.3) is 0 Å². The largest absolute Gasteiger partial charge is 0.443 e. The molecule has 0 unspecified atom stereocenters. The second-order valence-corrected chi connectivity index (χ2v) is 6.89. The molecule has 1 aliphatic rings. The summed E-state index contributed by atoms with van der Waals surface area (Å²) in [7, 11) is 0. The van der Waals surface area contributed by atoms with Gasteiger partial charge in [-0.2, -0.15) is 0 Å². The van der Waals surface area contributed by atoms with Crippen molar-refractivity contribution in [1.82, 2.24) is 5.32 Å². The lowest BCUT2D eigenvalue weighted by Crippen LogP contribution is -2.48. The van der Waals surface area contributed by atoms with E-state index in [-0.39, 0.29) is 12.1 Å². The maximum atomic E-state index is 12.7. The number of hydrogen-bond acceptors (Lipinski definition) is 4. The predicted octanol–water partition coefficient (Wildman–Crippen LogP) is 3.07. The Kier molecular flexibility index (Phi) is 4.96. The van der Waals surface area contributed by atoms with Gasteiger partial charge < -0.3 is 15.8 Å². The Balaban J connectivity index is 2.36. The van der Waals surface area contributed by atoms with Crippen molar-refractivity contribution in [3.63, 3.8) is 0 Å². The van der Waals surface area contributed by atoms with Crippen LogP contribution in [0.15, 0.2) is 18.2 Å². The Labute approximate surface area is 132 Å². The first-order valence-corrected chi connectivity index (χ1v) is 7.87. The molecule has 5 heteroatoms. The van der Waals surface area contributed by atoms with Gasteiger partial charge in [0.25, 0.3) is 0 Å². The average Bonchev–Trinajstić information content (AvgIpc) is 2.42. The molecular formula is C17H27N3O2. The lowest BCUT2D eigenvalue weighted by atomic mass is 10.0. The van der Waals surface area contributed by atoms with Crippen LogP contribution in [0.5, 0.6) is 0 Å². The van der Waals surface area contributed by atoms with Gasteiger partial charge in [-0.25, -0.2) is 4.79 Å². The van der Waals surface area contributed by atoms with Crippen molar-refractivity contribution in [3.05, 3.63) is 23.8 Å². The van der Waals surface area contributed by atoms with Gasteiger partial charge >= 0.3 is 6.09 Å². The molecule has 1 fully saturated rings. The molecule has 0 saturated carbocycles. The van der Waals surface area contributed by atoms with E-state index < -0.39 is 5.60 Å². The Bertz CT molecular complexity index is 531. The van der Waals surface area contributed by atoms with Crippen LogP contribution in [0.2, 0.25) is 0 Å². The van der Waals surface area contributed by atoms with Gasteiger partial charge in [-0.15, -0.1) is 0 Å². The number of hydrogen-bond donors (Lipinski definition) is 2. The Morgan fingerprint density at radius 3 is 2.55 bits per heavy atom. The number of ether oxygens (including phenoxy) is 1. The third-order valence-electron chi connectivity index (χ3n) is 3.71. The van der Waals surface area contributed by atoms with E-state index in [1.165, 1.54) is 0 Å². The van der Waals surface area contributed by atoms with Crippen molar-refractivity contribution >= 4 is 17.5 Å². The van der Waals surface area contributed by atoms with E-state index in [1.807, 2.05) is 45.9 Å². The SMILES string of the molecule is Cc1ccc(N)c(N(C(=O)OC(C)(C)C)C2CCNCC2)c1. The first-order chi connectivity index (χ1) is 10.3. The number of rotatable bonds is 2. The topological polar surface area (TPSA) is 67.6 Å². The number of nitrogens with two attached hydrogens (primary N) is 1. The van der Waals surface area contributed by atoms with E-state index >= 15 is 0 Å². The molecule has 22 heavy (non-hydrogen) atoms. The van der Waals surface area contributed by atoms with E-state index in [0.717, 1.165) is 37.2 Å². The number of carbonyl (C=O) groups excluding carboxylic acids is 1. The number of anilines is 2. The normalized spacial score (nSPS) is 16.4. The molecule has 1 heterocycles. The molecule has 5 nitrogen and oxygen atoms in total. The number of benzene rings is 1. The summed E-state index contributed by atoms with van der Waals surface area (Å²) < 4.78 is 5.61. The number of aryl methyl sites for hydroxylation is 1. The molecule has 0 atom stereocenters. The maximum absolute atomic E-state index is 12.7. The average molecular weight is 305 g/mol. The first-order valence-electron chi connectivity index (χ1n) is 7.87. The minimum atomic E-state index is -0.527. The summed E-state index contributed by atoms with van der Waals surface area (Å²) in [6, 6.07) is 5.87. The summed E-state index contributed by atoms with van der Waals surface area (Å²) in [6.45, 7) is 9.44. The highest BCUT2D eigenvalue weighted by Crippen LogP contribution is 2.30. The van der Waals surface area contributed by atoms with Gasteiger partial charge in [-0.1, -0.05) is 6.07 Å². The van der Waals surface area contributed by atoms with E-state index in [9.17, 15) is 4.79 Å². The van der Waals surface area contributed by atoms with Gasteiger partial charge in [0.2, 0.25) is 0 Å². The molecule has 2 rings (SSSR count). The van der Waals surface area contributed by atoms with E-state index in [4.69, 9.17) is 10.5 Å². The second kappa shape index (κ2) is 6.57. The zero-order valence-corrected chi connectivity index (χ0v) is 14.0. The van der Waals surface area contributed by atoms with Crippen molar-refractivity contribution < 1.29 is 9.53 Å². The van der Waals surface area contributed by atoms with Crippen molar-refractivity contribution in [2.75, 3.05) is 23.7 Å². The number of piperidine rings is 1. The number of nitrogen functional groups attached to an aromatic ring is 1. The second-order valence-electron chi connectivity index (χ2n) is 6.89. The van der Waals surface area contributed by atoms with Crippen molar-refractivity contribution in [2.45, 2.75) is 52.2 Å². The Morgan fingerprint density at radius 2 is 1.95 bits per heavy atom. The maximum Gasteiger partial charge on any atom is 0.415 e. The van der Waals surface area contributed by atoms with E-state index in [2.05, 4.69) is 5.32 Å². The summed E-state index contributed by atoms with van der Waals surface area (Å²) >= 11 is 0.